The SMILES string of the molecule is CCNc1cc(Nc2ccc(NS(=O)(=O)Cc3cc(F)ccc3F)cc2)nc(C)n1. The fraction of sp³-hybridized carbons (Fsp3) is 0.200. The van der Waals surface area contributed by atoms with Gasteiger partial charge in [0.25, 0.3) is 0 Å². The van der Waals surface area contributed by atoms with Gasteiger partial charge in [0, 0.05) is 29.5 Å². The molecular formula is C20H21F2N5O2S. The second kappa shape index (κ2) is 9.04. The van der Waals surface area contributed by atoms with Gasteiger partial charge in [-0.05, 0) is 56.3 Å². The normalized spacial score (nSPS) is 11.2. The van der Waals surface area contributed by atoms with Gasteiger partial charge in [0.15, 0.2) is 0 Å². The molecule has 0 saturated heterocycles. The van der Waals surface area contributed by atoms with Crippen molar-refractivity contribution in [3.8, 4) is 0 Å². The molecule has 0 atom stereocenters. The molecule has 1 heterocycles. The second-order valence-electron chi connectivity index (χ2n) is 6.52. The lowest BCUT2D eigenvalue weighted by Gasteiger charge is -2.11. The molecule has 0 aliphatic heterocycles. The zero-order valence-corrected chi connectivity index (χ0v) is 17.2. The smallest absolute Gasteiger partial charge is 0.237 e. The molecule has 0 fully saturated rings. The molecule has 3 rings (SSSR count). The van der Waals surface area contributed by atoms with Crippen molar-refractivity contribution in [2.75, 3.05) is 21.9 Å². The lowest BCUT2D eigenvalue weighted by Crippen LogP contribution is -2.16. The number of hydrogen-bond acceptors (Lipinski definition) is 6. The van der Waals surface area contributed by atoms with Crippen LogP contribution < -0.4 is 15.4 Å². The van der Waals surface area contributed by atoms with E-state index in [4.69, 9.17) is 0 Å². The Morgan fingerprint density at radius 2 is 1.60 bits per heavy atom. The zero-order chi connectivity index (χ0) is 21.7. The molecule has 0 aliphatic rings. The molecule has 7 nitrogen and oxygen atoms in total. The van der Waals surface area contributed by atoms with Gasteiger partial charge in [-0.1, -0.05) is 0 Å². The van der Waals surface area contributed by atoms with Gasteiger partial charge in [-0.3, -0.25) is 4.72 Å². The van der Waals surface area contributed by atoms with Gasteiger partial charge < -0.3 is 10.6 Å². The molecule has 0 radical (unpaired) electrons. The minimum absolute atomic E-state index is 0.239. The van der Waals surface area contributed by atoms with Crippen molar-refractivity contribution in [1.29, 1.82) is 0 Å². The van der Waals surface area contributed by atoms with Gasteiger partial charge in [0.1, 0.15) is 29.1 Å². The maximum absolute atomic E-state index is 13.7. The van der Waals surface area contributed by atoms with Crippen LogP contribution in [0.15, 0.2) is 48.5 Å². The highest BCUT2D eigenvalue weighted by Gasteiger charge is 2.16. The molecule has 0 aliphatic carbocycles. The van der Waals surface area contributed by atoms with Crippen LogP contribution in [0.4, 0.5) is 31.8 Å². The summed E-state index contributed by atoms with van der Waals surface area (Å²) >= 11 is 0. The van der Waals surface area contributed by atoms with E-state index in [1.165, 1.54) is 0 Å². The molecule has 10 heteroatoms. The minimum atomic E-state index is -3.92. The van der Waals surface area contributed by atoms with Gasteiger partial charge in [0.2, 0.25) is 10.0 Å². The highest BCUT2D eigenvalue weighted by molar-refractivity contribution is 7.91. The average Bonchev–Trinajstić information content (AvgIpc) is 2.66. The molecule has 0 saturated carbocycles. The first-order chi connectivity index (χ1) is 14.2. The van der Waals surface area contributed by atoms with E-state index in [0.29, 0.717) is 28.8 Å². The molecule has 3 N–H and O–H groups in total. The Morgan fingerprint density at radius 3 is 2.30 bits per heavy atom. The van der Waals surface area contributed by atoms with E-state index >= 15 is 0 Å². The van der Waals surface area contributed by atoms with Crippen molar-refractivity contribution >= 4 is 33.0 Å². The Labute approximate surface area is 173 Å². The number of aryl methyl sites for hydroxylation is 1. The van der Waals surface area contributed by atoms with Crippen LogP contribution in [0.1, 0.15) is 18.3 Å². The van der Waals surface area contributed by atoms with E-state index in [1.807, 2.05) is 6.92 Å². The summed E-state index contributed by atoms with van der Waals surface area (Å²) in [7, 11) is -3.92. The summed E-state index contributed by atoms with van der Waals surface area (Å²) < 4.78 is 54.0. The highest BCUT2D eigenvalue weighted by Crippen LogP contribution is 2.21. The van der Waals surface area contributed by atoms with Crippen LogP contribution in [-0.2, 0) is 15.8 Å². The summed E-state index contributed by atoms with van der Waals surface area (Å²) in [6.07, 6.45) is 0. The number of nitrogens with one attached hydrogen (secondary N) is 3. The third-order valence-electron chi connectivity index (χ3n) is 3.98. The molecular weight excluding hydrogens is 412 g/mol. The van der Waals surface area contributed by atoms with E-state index in [9.17, 15) is 17.2 Å². The standard InChI is InChI=1S/C20H21F2N5O2S/c1-3-23-19-11-20(25-13(2)24-19)26-16-5-7-17(8-6-16)27-30(28,29)12-14-10-15(21)4-9-18(14)22/h4-11,27H,3,12H2,1-2H3,(H2,23,24,25,26). The summed E-state index contributed by atoms with van der Waals surface area (Å²) in [5.74, 6) is -0.267. The largest absolute Gasteiger partial charge is 0.370 e. The van der Waals surface area contributed by atoms with Crippen molar-refractivity contribution in [1.82, 2.24) is 9.97 Å². The highest BCUT2D eigenvalue weighted by atomic mass is 32.2. The number of rotatable bonds is 8. The molecule has 2 aromatic carbocycles. The maximum atomic E-state index is 13.7. The third kappa shape index (κ3) is 5.86. The fourth-order valence-electron chi connectivity index (χ4n) is 2.75. The number of nitrogens with zero attached hydrogens (tertiary/aromatic N) is 2. The van der Waals surface area contributed by atoms with Gasteiger partial charge in [-0.15, -0.1) is 0 Å². The van der Waals surface area contributed by atoms with Gasteiger partial charge >= 0.3 is 0 Å². The zero-order valence-electron chi connectivity index (χ0n) is 16.4. The number of aromatic nitrogens is 2. The Hall–Kier alpha value is -3.27. The number of sulfonamides is 1. The first kappa shape index (κ1) is 21.4. The van der Waals surface area contributed by atoms with E-state index in [1.54, 1.807) is 37.3 Å². The van der Waals surface area contributed by atoms with Crippen LogP contribution in [0.2, 0.25) is 0 Å². The van der Waals surface area contributed by atoms with E-state index in [-0.39, 0.29) is 5.56 Å². The summed E-state index contributed by atoms with van der Waals surface area (Å²) in [6, 6.07) is 10.9. The second-order valence-corrected chi connectivity index (χ2v) is 8.24. The Bertz CT molecular complexity index is 1140. The van der Waals surface area contributed by atoms with Gasteiger partial charge in [-0.2, -0.15) is 0 Å². The Balaban J connectivity index is 1.69. The van der Waals surface area contributed by atoms with Crippen LogP contribution >= 0.6 is 0 Å². The lowest BCUT2D eigenvalue weighted by atomic mass is 10.2. The molecule has 30 heavy (non-hydrogen) atoms. The van der Waals surface area contributed by atoms with Crippen molar-refractivity contribution in [3.63, 3.8) is 0 Å². The Kier molecular flexibility index (Phi) is 6.46. The molecule has 1 aromatic heterocycles. The molecule has 3 aromatic rings. The monoisotopic (exact) mass is 433 g/mol. The number of hydrogen-bond donors (Lipinski definition) is 3. The summed E-state index contributed by atoms with van der Waals surface area (Å²) in [6.45, 7) is 4.47. The molecule has 0 spiro atoms. The number of halogens is 2. The minimum Gasteiger partial charge on any atom is -0.370 e. The summed E-state index contributed by atoms with van der Waals surface area (Å²) in [4.78, 5) is 8.59. The predicted molar refractivity (Wildman–Crippen MR) is 113 cm³/mol. The van der Waals surface area contributed by atoms with E-state index in [2.05, 4.69) is 25.3 Å². The van der Waals surface area contributed by atoms with Crippen molar-refractivity contribution in [3.05, 3.63) is 71.6 Å². The maximum Gasteiger partial charge on any atom is 0.237 e. The average molecular weight is 433 g/mol. The van der Waals surface area contributed by atoms with Crippen molar-refractivity contribution < 1.29 is 17.2 Å². The predicted octanol–water partition coefficient (Wildman–Crippen LogP) is 4.18. The molecule has 0 bridgehead atoms. The van der Waals surface area contributed by atoms with Crippen LogP contribution in [0.5, 0.6) is 0 Å². The first-order valence-electron chi connectivity index (χ1n) is 9.15. The topological polar surface area (TPSA) is 96.0 Å². The van der Waals surface area contributed by atoms with Crippen LogP contribution in [0.3, 0.4) is 0 Å². The quantitative estimate of drug-likeness (QED) is 0.493. The third-order valence-corrected chi connectivity index (χ3v) is 5.22. The molecule has 0 amide bonds. The first-order valence-corrected chi connectivity index (χ1v) is 10.8. The number of benzene rings is 2. The van der Waals surface area contributed by atoms with Crippen LogP contribution in [-0.4, -0.2) is 24.9 Å². The van der Waals surface area contributed by atoms with E-state index < -0.39 is 27.4 Å². The fourth-order valence-corrected chi connectivity index (χ4v) is 3.95. The number of anilines is 4. The molecule has 158 valence electrons. The lowest BCUT2D eigenvalue weighted by molar-refractivity contribution is 0.581. The summed E-state index contributed by atoms with van der Waals surface area (Å²) in [5.41, 5.74) is 0.746. The van der Waals surface area contributed by atoms with Gasteiger partial charge in [-0.25, -0.2) is 27.2 Å². The Morgan fingerprint density at radius 1 is 0.933 bits per heavy atom. The van der Waals surface area contributed by atoms with Gasteiger partial charge in [0.05, 0.1) is 5.75 Å². The van der Waals surface area contributed by atoms with Crippen molar-refractivity contribution in [2.45, 2.75) is 19.6 Å². The molecule has 0 unspecified atom stereocenters. The van der Waals surface area contributed by atoms with Crippen LogP contribution in [0, 0.1) is 18.6 Å². The van der Waals surface area contributed by atoms with Crippen molar-refractivity contribution in [2.24, 2.45) is 0 Å². The van der Waals surface area contributed by atoms with E-state index in [0.717, 1.165) is 24.7 Å². The summed E-state index contributed by atoms with van der Waals surface area (Å²) in [5, 5.41) is 6.25. The van der Waals surface area contributed by atoms with Crippen LogP contribution in [0.25, 0.3) is 0 Å².